The first-order valence-electron chi connectivity index (χ1n) is 6.42. The molecule has 2 rings (SSSR count). The van der Waals surface area contributed by atoms with E-state index in [1.165, 1.54) is 23.8 Å². The minimum Gasteiger partial charge on any atom is -0.496 e. The largest absolute Gasteiger partial charge is 0.496 e. The molecule has 21 heavy (non-hydrogen) atoms. The number of thioether (sulfide) groups is 1. The quantitative estimate of drug-likeness (QED) is 0.917. The van der Waals surface area contributed by atoms with Crippen LogP contribution in [0.5, 0.6) is 5.75 Å². The lowest BCUT2D eigenvalue weighted by Crippen LogP contribution is -2.45. The van der Waals surface area contributed by atoms with E-state index in [1.807, 2.05) is 6.92 Å². The molecule has 1 aliphatic rings. The average molecular weight is 330 g/mol. The number of ether oxygens (including phenoxy) is 1. The topological polar surface area (TPSA) is 66.8 Å². The van der Waals surface area contributed by atoms with Crippen LogP contribution >= 0.6 is 23.4 Å². The maximum absolute atomic E-state index is 12.5. The third kappa shape index (κ3) is 3.44. The fourth-order valence-electron chi connectivity index (χ4n) is 2.35. The summed E-state index contributed by atoms with van der Waals surface area (Å²) in [7, 11) is 1.52. The lowest BCUT2D eigenvalue weighted by Gasteiger charge is -2.25. The van der Waals surface area contributed by atoms with E-state index in [0.717, 1.165) is 0 Å². The van der Waals surface area contributed by atoms with Crippen molar-refractivity contribution in [2.75, 3.05) is 12.9 Å². The SMILES string of the molecule is COc1ccc(Cl)cc1CC(=O)N1C(C)SCC1C(=O)O. The lowest BCUT2D eigenvalue weighted by molar-refractivity contribution is -0.148. The van der Waals surface area contributed by atoms with Crippen LogP contribution in [0.2, 0.25) is 5.02 Å². The van der Waals surface area contributed by atoms with Gasteiger partial charge in [0, 0.05) is 16.3 Å². The van der Waals surface area contributed by atoms with Crippen molar-refractivity contribution in [1.29, 1.82) is 0 Å². The van der Waals surface area contributed by atoms with Crippen molar-refractivity contribution in [2.24, 2.45) is 0 Å². The Hall–Kier alpha value is -1.40. The summed E-state index contributed by atoms with van der Waals surface area (Å²) in [4.78, 5) is 25.1. The highest BCUT2D eigenvalue weighted by Gasteiger charge is 2.39. The Morgan fingerprint density at radius 2 is 2.24 bits per heavy atom. The van der Waals surface area contributed by atoms with Crippen molar-refractivity contribution in [3.63, 3.8) is 0 Å². The molecule has 7 heteroatoms. The van der Waals surface area contributed by atoms with Gasteiger partial charge in [-0.15, -0.1) is 11.8 Å². The predicted molar refractivity (Wildman–Crippen MR) is 81.9 cm³/mol. The molecule has 0 bridgehead atoms. The van der Waals surface area contributed by atoms with E-state index < -0.39 is 12.0 Å². The van der Waals surface area contributed by atoms with Crippen molar-refractivity contribution in [1.82, 2.24) is 4.90 Å². The molecule has 0 spiro atoms. The first-order valence-corrected chi connectivity index (χ1v) is 7.84. The van der Waals surface area contributed by atoms with Crippen molar-refractivity contribution >= 4 is 35.2 Å². The predicted octanol–water partition coefficient (Wildman–Crippen LogP) is 2.27. The molecule has 0 aromatic heterocycles. The minimum absolute atomic E-state index is 0.0679. The molecular formula is C14H16ClNO4S. The Kier molecular flexibility index (Phi) is 5.00. The second-order valence-electron chi connectivity index (χ2n) is 4.72. The summed E-state index contributed by atoms with van der Waals surface area (Å²) in [6.45, 7) is 1.83. The van der Waals surface area contributed by atoms with Gasteiger partial charge in [0.1, 0.15) is 11.8 Å². The smallest absolute Gasteiger partial charge is 0.327 e. The number of hydrogen-bond acceptors (Lipinski definition) is 4. The van der Waals surface area contributed by atoms with E-state index in [9.17, 15) is 14.7 Å². The molecule has 1 saturated heterocycles. The van der Waals surface area contributed by atoms with Crippen LogP contribution in [0, 0.1) is 0 Å². The monoisotopic (exact) mass is 329 g/mol. The van der Waals surface area contributed by atoms with Gasteiger partial charge in [-0.2, -0.15) is 0 Å². The van der Waals surface area contributed by atoms with Crippen LogP contribution in [0.3, 0.4) is 0 Å². The van der Waals surface area contributed by atoms with Gasteiger partial charge in [-0.25, -0.2) is 4.79 Å². The third-order valence-electron chi connectivity index (χ3n) is 3.38. The van der Waals surface area contributed by atoms with Crippen LogP contribution in [0.15, 0.2) is 18.2 Å². The van der Waals surface area contributed by atoms with E-state index in [0.29, 0.717) is 22.1 Å². The molecular weight excluding hydrogens is 314 g/mol. The fourth-order valence-corrected chi connectivity index (χ4v) is 3.73. The van der Waals surface area contributed by atoms with E-state index in [2.05, 4.69) is 0 Å². The summed E-state index contributed by atoms with van der Waals surface area (Å²) >= 11 is 7.41. The number of carbonyl (C=O) groups excluding carboxylic acids is 1. The molecule has 1 amide bonds. The van der Waals surface area contributed by atoms with Crippen molar-refractivity contribution in [2.45, 2.75) is 24.8 Å². The zero-order chi connectivity index (χ0) is 15.6. The number of rotatable bonds is 4. The van der Waals surface area contributed by atoms with Gasteiger partial charge >= 0.3 is 5.97 Å². The van der Waals surface area contributed by atoms with Crippen LogP contribution < -0.4 is 4.74 Å². The summed E-state index contributed by atoms with van der Waals surface area (Å²) < 4.78 is 5.21. The van der Waals surface area contributed by atoms with Crippen LogP contribution in [0.1, 0.15) is 12.5 Å². The second kappa shape index (κ2) is 6.58. The standard InChI is InChI=1S/C14H16ClNO4S/c1-8-16(11(7-21-8)14(18)19)13(17)6-9-5-10(15)3-4-12(9)20-2/h3-5,8,11H,6-7H2,1-2H3,(H,18,19). The molecule has 1 fully saturated rings. The van der Waals surface area contributed by atoms with Gasteiger partial charge < -0.3 is 14.7 Å². The molecule has 2 unspecified atom stereocenters. The van der Waals surface area contributed by atoms with Crippen LogP contribution in [0.4, 0.5) is 0 Å². The molecule has 5 nitrogen and oxygen atoms in total. The number of hydrogen-bond donors (Lipinski definition) is 1. The van der Waals surface area contributed by atoms with Crippen LogP contribution in [-0.4, -0.2) is 46.2 Å². The Morgan fingerprint density at radius 3 is 2.86 bits per heavy atom. The Balaban J connectivity index is 2.21. The van der Waals surface area contributed by atoms with Gasteiger partial charge in [0.05, 0.1) is 18.9 Å². The number of carboxylic acid groups (broad SMARTS) is 1. The number of aliphatic carboxylic acids is 1. The summed E-state index contributed by atoms with van der Waals surface area (Å²) in [6.07, 6.45) is 0.0679. The maximum atomic E-state index is 12.5. The molecule has 1 N–H and O–H groups in total. The summed E-state index contributed by atoms with van der Waals surface area (Å²) in [5, 5.41) is 9.57. The molecule has 2 atom stereocenters. The van der Waals surface area contributed by atoms with Gasteiger partial charge in [0.2, 0.25) is 5.91 Å². The molecule has 0 aliphatic carbocycles. The summed E-state index contributed by atoms with van der Waals surface area (Å²) in [5.41, 5.74) is 0.656. The Bertz CT molecular complexity index is 566. The average Bonchev–Trinajstić information content (AvgIpc) is 2.81. The normalized spacial score (nSPS) is 21.4. The van der Waals surface area contributed by atoms with E-state index in [4.69, 9.17) is 16.3 Å². The lowest BCUT2D eigenvalue weighted by atomic mass is 10.1. The molecule has 0 radical (unpaired) electrons. The molecule has 114 valence electrons. The number of halogens is 1. The highest BCUT2D eigenvalue weighted by atomic mass is 35.5. The number of carbonyl (C=O) groups is 2. The second-order valence-corrected chi connectivity index (χ2v) is 6.51. The Labute approximate surface area is 132 Å². The van der Waals surface area contributed by atoms with Crippen molar-refractivity contribution < 1.29 is 19.4 Å². The zero-order valence-electron chi connectivity index (χ0n) is 11.7. The number of methoxy groups -OCH3 is 1. The van der Waals surface area contributed by atoms with Gasteiger partial charge in [0.25, 0.3) is 0 Å². The first-order chi connectivity index (χ1) is 9.93. The first kappa shape index (κ1) is 16.0. The maximum Gasteiger partial charge on any atom is 0.327 e. The third-order valence-corrected chi connectivity index (χ3v) is 4.83. The highest BCUT2D eigenvalue weighted by Crippen LogP contribution is 2.31. The summed E-state index contributed by atoms with van der Waals surface area (Å²) in [5.74, 6) is -0.229. The fraction of sp³-hybridized carbons (Fsp3) is 0.429. The number of amides is 1. The highest BCUT2D eigenvalue weighted by molar-refractivity contribution is 8.00. The number of carboxylic acids is 1. The van der Waals surface area contributed by atoms with Crippen LogP contribution in [-0.2, 0) is 16.0 Å². The van der Waals surface area contributed by atoms with Crippen molar-refractivity contribution in [3.05, 3.63) is 28.8 Å². The zero-order valence-corrected chi connectivity index (χ0v) is 13.3. The van der Waals surface area contributed by atoms with Gasteiger partial charge in [-0.3, -0.25) is 4.79 Å². The van der Waals surface area contributed by atoms with Gasteiger partial charge in [-0.05, 0) is 25.1 Å². The molecule has 1 aromatic rings. The van der Waals surface area contributed by atoms with Gasteiger partial charge in [-0.1, -0.05) is 11.6 Å². The Morgan fingerprint density at radius 1 is 1.52 bits per heavy atom. The van der Waals surface area contributed by atoms with Gasteiger partial charge in [0.15, 0.2) is 0 Å². The molecule has 0 saturated carbocycles. The summed E-state index contributed by atoms with van der Waals surface area (Å²) in [6, 6.07) is 4.27. The molecule has 1 aliphatic heterocycles. The van der Waals surface area contributed by atoms with E-state index in [1.54, 1.807) is 18.2 Å². The van der Waals surface area contributed by atoms with E-state index >= 15 is 0 Å². The number of nitrogens with zero attached hydrogens (tertiary/aromatic N) is 1. The van der Waals surface area contributed by atoms with Crippen molar-refractivity contribution in [3.8, 4) is 5.75 Å². The van der Waals surface area contributed by atoms with E-state index in [-0.39, 0.29) is 17.7 Å². The van der Waals surface area contributed by atoms with Crippen LogP contribution in [0.25, 0.3) is 0 Å². The molecule has 1 heterocycles. The molecule has 1 aromatic carbocycles. The minimum atomic E-state index is -0.974. The number of benzene rings is 1.